The van der Waals surface area contributed by atoms with E-state index in [9.17, 15) is 19.5 Å². The molecule has 0 saturated heterocycles. The summed E-state index contributed by atoms with van der Waals surface area (Å²) in [5.41, 5.74) is 2.08. The standard InChI is InChI=1S/C23H23Cl2N3O4/c1-2-3-15-18(8-9-20(15)29)28-19(10-21(30)31)13-4-6-14(7-5-13)27-23(32)22-16(24)11-26-12-17(22)25/h4-7,11-12,15,19H,2-3,8-10H2,1H3,(H,27,32)(H,30,31). The molecule has 1 fully saturated rings. The molecule has 9 heteroatoms. The summed E-state index contributed by atoms with van der Waals surface area (Å²) in [6.07, 6.45) is 5.09. The summed E-state index contributed by atoms with van der Waals surface area (Å²) in [7, 11) is 0. The summed E-state index contributed by atoms with van der Waals surface area (Å²) in [4.78, 5) is 44.7. The van der Waals surface area contributed by atoms with Crippen LogP contribution in [0.3, 0.4) is 0 Å². The first-order chi connectivity index (χ1) is 15.3. The fraction of sp³-hybridized carbons (Fsp3) is 0.348. The van der Waals surface area contributed by atoms with Gasteiger partial charge >= 0.3 is 5.97 Å². The first kappa shape index (κ1) is 23.9. The number of aliphatic carboxylic acids is 1. The molecule has 7 nitrogen and oxygen atoms in total. The van der Waals surface area contributed by atoms with Crippen molar-refractivity contribution >= 4 is 52.3 Å². The zero-order chi connectivity index (χ0) is 23.3. The van der Waals surface area contributed by atoms with Crippen molar-refractivity contribution < 1.29 is 19.5 Å². The van der Waals surface area contributed by atoms with E-state index in [1.54, 1.807) is 24.3 Å². The van der Waals surface area contributed by atoms with Crippen LogP contribution in [0.5, 0.6) is 0 Å². The Morgan fingerprint density at radius 3 is 2.44 bits per heavy atom. The number of nitrogens with zero attached hydrogens (tertiary/aromatic N) is 2. The van der Waals surface area contributed by atoms with Gasteiger partial charge in [0.15, 0.2) is 0 Å². The number of aromatic nitrogens is 1. The fourth-order valence-electron chi connectivity index (χ4n) is 3.77. The Hall–Kier alpha value is -2.77. The van der Waals surface area contributed by atoms with E-state index in [1.807, 2.05) is 6.92 Å². The van der Waals surface area contributed by atoms with Gasteiger partial charge in [0.1, 0.15) is 5.78 Å². The Morgan fingerprint density at radius 1 is 1.19 bits per heavy atom. The van der Waals surface area contributed by atoms with Crippen LogP contribution in [0.25, 0.3) is 0 Å². The monoisotopic (exact) mass is 475 g/mol. The van der Waals surface area contributed by atoms with Gasteiger partial charge in [0.05, 0.1) is 34.0 Å². The molecule has 2 atom stereocenters. The maximum Gasteiger partial charge on any atom is 0.305 e. The van der Waals surface area contributed by atoms with E-state index in [2.05, 4.69) is 15.3 Å². The van der Waals surface area contributed by atoms with Gasteiger partial charge in [0.2, 0.25) is 0 Å². The van der Waals surface area contributed by atoms with Crippen LogP contribution in [0, 0.1) is 5.92 Å². The summed E-state index contributed by atoms with van der Waals surface area (Å²) >= 11 is 12.1. The second kappa shape index (κ2) is 10.7. The van der Waals surface area contributed by atoms with Crippen LogP contribution in [-0.4, -0.2) is 33.5 Å². The number of pyridine rings is 1. The molecule has 1 aromatic heterocycles. The maximum atomic E-state index is 12.5. The predicted octanol–water partition coefficient (Wildman–Crippen LogP) is 5.38. The number of carbonyl (C=O) groups excluding carboxylic acids is 2. The average molecular weight is 476 g/mol. The number of anilines is 1. The SMILES string of the molecule is CCCC1C(=O)CCC1=NC(CC(=O)O)c1ccc(NC(=O)c2c(Cl)cncc2Cl)cc1. The lowest BCUT2D eigenvalue weighted by Gasteiger charge is -2.16. The number of nitrogens with one attached hydrogen (secondary N) is 1. The molecule has 2 unspecified atom stereocenters. The van der Waals surface area contributed by atoms with E-state index in [-0.39, 0.29) is 33.7 Å². The molecule has 2 N–H and O–H groups in total. The van der Waals surface area contributed by atoms with Crippen molar-refractivity contribution in [1.82, 2.24) is 4.98 Å². The summed E-state index contributed by atoms with van der Waals surface area (Å²) in [6, 6.07) is 6.15. The molecule has 2 aromatic rings. The maximum absolute atomic E-state index is 12.5. The van der Waals surface area contributed by atoms with E-state index in [0.29, 0.717) is 24.1 Å². The number of carbonyl (C=O) groups is 3. The quantitative estimate of drug-likeness (QED) is 0.532. The minimum absolute atomic E-state index is 0.121. The second-order valence-corrected chi connectivity index (χ2v) is 8.41. The van der Waals surface area contributed by atoms with Crippen molar-refractivity contribution in [3.05, 3.63) is 57.8 Å². The molecule has 1 aromatic carbocycles. The lowest BCUT2D eigenvalue weighted by molar-refractivity contribution is -0.137. The summed E-state index contributed by atoms with van der Waals surface area (Å²) in [5.74, 6) is -1.50. The first-order valence-electron chi connectivity index (χ1n) is 10.3. The highest BCUT2D eigenvalue weighted by molar-refractivity contribution is 6.40. The highest BCUT2D eigenvalue weighted by atomic mass is 35.5. The zero-order valence-corrected chi connectivity index (χ0v) is 19.0. The molecule has 32 heavy (non-hydrogen) atoms. The number of aliphatic imine (C=N–C) groups is 1. The second-order valence-electron chi connectivity index (χ2n) is 7.60. The molecule has 1 amide bonds. The Labute approximate surface area is 195 Å². The Morgan fingerprint density at radius 2 is 1.84 bits per heavy atom. The van der Waals surface area contributed by atoms with Gasteiger partial charge in [0.25, 0.3) is 5.91 Å². The first-order valence-corrected chi connectivity index (χ1v) is 11.1. The number of benzene rings is 1. The molecule has 1 aliphatic carbocycles. The number of hydrogen-bond acceptors (Lipinski definition) is 5. The molecule has 0 spiro atoms. The largest absolute Gasteiger partial charge is 0.481 e. The lowest BCUT2D eigenvalue weighted by atomic mass is 9.98. The van der Waals surface area contributed by atoms with E-state index in [0.717, 1.165) is 18.6 Å². The van der Waals surface area contributed by atoms with E-state index < -0.39 is 17.9 Å². The van der Waals surface area contributed by atoms with E-state index in [1.165, 1.54) is 12.4 Å². The predicted molar refractivity (Wildman–Crippen MR) is 124 cm³/mol. The minimum atomic E-state index is -0.977. The van der Waals surface area contributed by atoms with Crippen LogP contribution in [0.2, 0.25) is 10.0 Å². The van der Waals surface area contributed by atoms with Crippen LogP contribution in [0.15, 0.2) is 41.7 Å². The van der Waals surface area contributed by atoms with Gasteiger partial charge in [-0.15, -0.1) is 0 Å². The molecule has 0 aliphatic heterocycles. The van der Waals surface area contributed by atoms with E-state index in [4.69, 9.17) is 23.2 Å². The van der Waals surface area contributed by atoms with Crippen LogP contribution in [0.1, 0.15) is 61.0 Å². The third-order valence-electron chi connectivity index (χ3n) is 5.32. The van der Waals surface area contributed by atoms with Gasteiger partial charge in [-0.1, -0.05) is 48.7 Å². The smallest absolute Gasteiger partial charge is 0.305 e. The van der Waals surface area contributed by atoms with Crippen molar-refractivity contribution in [3.63, 3.8) is 0 Å². The molecular weight excluding hydrogens is 453 g/mol. The van der Waals surface area contributed by atoms with Gasteiger partial charge < -0.3 is 10.4 Å². The Balaban J connectivity index is 1.81. The molecule has 1 saturated carbocycles. The molecule has 3 rings (SSSR count). The Bertz CT molecular complexity index is 1030. The third kappa shape index (κ3) is 5.72. The summed E-state index contributed by atoms with van der Waals surface area (Å²) < 4.78 is 0. The van der Waals surface area contributed by atoms with Crippen molar-refractivity contribution in [3.8, 4) is 0 Å². The highest BCUT2D eigenvalue weighted by Gasteiger charge is 2.31. The van der Waals surface area contributed by atoms with Crippen LogP contribution < -0.4 is 5.32 Å². The van der Waals surface area contributed by atoms with Gasteiger partial charge in [-0.3, -0.25) is 24.4 Å². The number of Topliss-reactive ketones (excluding diaryl/α,β-unsaturated/α-hetero) is 1. The number of carboxylic acids is 1. The number of amides is 1. The molecule has 1 heterocycles. The number of carboxylic acid groups (broad SMARTS) is 1. The van der Waals surface area contributed by atoms with Crippen LogP contribution in [-0.2, 0) is 9.59 Å². The normalized spacial score (nSPS) is 18.0. The Kier molecular flexibility index (Phi) is 7.99. The van der Waals surface area contributed by atoms with Crippen LogP contribution in [0.4, 0.5) is 5.69 Å². The van der Waals surface area contributed by atoms with Gasteiger partial charge in [-0.25, -0.2) is 0 Å². The number of hydrogen-bond donors (Lipinski definition) is 2. The minimum Gasteiger partial charge on any atom is -0.481 e. The summed E-state index contributed by atoms with van der Waals surface area (Å²) in [6.45, 7) is 2.01. The van der Waals surface area contributed by atoms with Gasteiger partial charge in [-0.05, 0) is 30.5 Å². The lowest BCUT2D eigenvalue weighted by Crippen LogP contribution is -2.16. The summed E-state index contributed by atoms with van der Waals surface area (Å²) in [5, 5.41) is 12.4. The molecule has 1 aliphatic rings. The third-order valence-corrected chi connectivity index (χ3v) is 5.89. The fourth-order valence-corrected chi connectivity index (χ4v) is 4.31. The topological polar surface area (TPSA) is 109 Å². The van der Waals surface area contributed by atoms with E-state index >= 15 is 0 Å². The number of halogens is 2. The van der Waals surface area contributed by atoms with Gasteiger partial charge in [-0.2, -0.15) is 0 Å². The van der Waals surface area contributed by atoms with Crippen molar-refractivity contribution in [1.29, 1.82) is 0 Å². The molecular formula is C23H23Cl2N3O4. The average Bonchev–Trinajstić information content (AvgIpc) is 3.07. The number of ketones is 1. The van der Waals surface area contributed by atoms with Crippen molar-refractivity contribution in [2.24, 2.45) is 10.9 Å². The van der Waals surface area contributed by atoms with Crippen molar-refractivity contribution in [2.75, 3.05) is 5.32 Å². The van der Waals surface area contributed by atoms with Crippen molar-refractivity contribution in [2.45, 2.75) is 45.1 Å². The molecule has 168 valence electrons. The number of rotatable bonds is 8. The molecule has 0 radical (unpaired) electrons. The van der Waals surface area contributed by atoms with Crippen LogP contribution >= 0.6 is 23.2 Å². The molecule has 0 bridgehead atoms. The van der Waals surface area contributed by atoms with Gasteiger partial charge in [0, 0.05) is 30.2 Å². The zero-order valence-electron chi connectivity index (χ0n) is 17.5. The highest BCUT2D eigenvalue weighted by Crippen LogP contribution is 2.30.